The van der Waals surface area contributed by atoms with E-state index in [4.69, 9.17) is 4.74 Å². The minimum Gasteiger partial charge on any atom is -0.496 e. The molecule has 0 aliphatic carbocycles. The van der Waals surface area contributed by atoms with Gasteiger partial charge in [-0.05, 0) is 42.5 Å². The molecular weight excluding hydrogens is 394 g/mol. The average molecular weight is 424 g/mol. The van der Waals surface area contributed by atoms with Gasteiger partial charge in [0, 0.05) is 6.54 Å². The highest BCUT2D eigenvalue weighted by Gasteiger charge is 2.49. The van der Waals surface area contributed by atoms with E-state index in [-0.39, 0.29) is 12.5 Å². The molecule has 2 N–H and O–H groups in total. The van der Waals surface area contributed by atoms with E-state index in [9.17, 15) is 14.4 Å². The van der Waals surface area contributed by atoms with E-state index >= 15 is 0 Å². The number of carbonyl (C=O) groups excluding carboxylic acids is 3. The summed E-state index contributed by atoms with van der Waals surface area (Å²) in [7, 11) is 1.60. The minimum absolute atomic E-state index is 0.319. The first-order valence-electron chi connectivity index (χ1n) is 10.5. The topological polar surface area (TPSA) is 87.7 Å². The fourth-order valence-electron chi connectivity index (χ4n) is 3.78. The lowest BCUT2D eigenvalue weighted by atomic mass is 9.91. The molecule has 0 radical (unpaired) electrons. The number of aryl methyl sites for hydroxylation is 1. The zero-order chi connectivity index (χ0) is 22.4. The van der Waals surface area contributed by atoms with Gasteiger partial charge < -0.3 is 15.4 Å². The van der Waals surface area contributed by atoms with Gasteiger partial charge in [0.1, 0.15) is 17.8 Å². The summed E-state index contributed by atoms with van der Waals surface area (Å²) in [6.07, 6.45) is 2.57. The monoisotopic (exact) mass is 423 g/mol. The summed E-state index contributed by atoms with van der Waals surface area (Å²) in [4.78, 5) is 38.8. The number of benzene rings is 2. The fraction of sp³-hybridized carbons (Fsp3) is 0.375. The molecule has 0 saturated carbocycles. The standard InChI is InChI=1S/C24H29N3O4/c1-4-7-17-10-12-19(13-11-17)24(2)22(29)27(23(30)26-24)16-21(28)25-15-14-18-8-5-6-9-20(18)31-3/h5-6,8-13H,4,7,14-16H2,1-3H3,(H,25,28)(H,26,30)/t24-/m1/s1. The number of imide groups is 1. The summed E-state index contributed by atoms with van der Waals surface area (Å²) in [6, 6.07) is 14.7. The van der Waals surface area contributed by atoms with Gasteiger partial charge in [-0.1, -0.05) is 55.8 Å². The summed E-state index contributed by atoms with van der Waals surface area (Å²) in [5.74, 6) is -0.0619. The van der Waals surface area contributed by atoms with Crippen LogP contribution in [0.15, 0.2) is 48.5 Å². The molecule has 31 heavy (non-hydrogen) atoms. The van der Waals surface area contributed by atoms with Crippen LogP contribution >= 0.6 is 0 Å². The third-order valence-corrected chi connectivity index (χ3v) is 5.56. The summed E-state index contributed by atoms with van der Waals surface area (Å²) in [5.41, 5.74) is 1.67. The Labute approximate surface area is 182 Å². The predicted octanol–water partition coefficient (Wildman–Crippen LogP) is 2.77. The van der Waals surface area contributed by atoms with E-state index in [0.29, 0.717) is 18.5 Å². The molecule has 0 unspecified atom stereocenters. The van der Waals surface area contributed by atoms with Crippen molar-refractivity contribution in [2.24, 2.45) is 0 Å². The van der Waals surface area contributed by atoms with Gasteiger partial charge in [-0.3, -0.25) is 14.5 Å². The first kappa shape index (κ1) is 22.3. The Hall–Kier alpha value is -3.35. The number of hydrogen-bond acceptors (Lipinski definition) is 4. The molecule has 1 atom stereocenters. The van der Waals surface area contributed by atoms with Crippen molar-refractivity contribution in [2.75, 3.05) is 20.2 Å². The van der Waals surface area contributed by atoms with Crippen LogP contribution < -0.4 is 15.4 Å². The SMILES string of the molecule is CCCc1ccc([C@@]2(C)NC(=O)N(CC(=O)NCCc3ccccc3OC)C2=O)cc1. The molecule has 0 aromatic heterocycles. The second kappa shape index (κ2) is 9.64. The van der Waals surface area contributed by atoms with E-state index in [1.165, 1.54) is 5.56 Å². The number of amides is 4. The third kappa shape index (κ3) is 4.87. The highest BCUT2D eigenvalue weighted by atomic mass is 16.5. The van der Waals surface area contributed by atoms with Crippen molar-refractivity contribution in [1.82, 2.24) is 15.5 Å². The molecular formula is C24H29N3O4. The first-order chi connectivity index (χ1) is 14.9. The van der Waals surface area contributed by atoms with Crippen LogP contribution in [-0.2, 0) is 28.0 Å². The Morgan fingerprint density at radius 1 is 1.10 bits per heavy atom. The molecule has 0 bridgehead atoms. The number of para-hydroxylation sites is 1. The number of urea groups is 1. The lowest BCUT2D eigenvalue weighted by molar-refractivity contribution is -0.134. The van der Waals surface area contributed by atoms with Crippen molar-refractivity contribution < 1.29 is 19.1 Å². The van der Waals surface area contributed by atoms with Crippen LogP contribution in [0.4, 0.5) is 4.79 Å². The predicted molar refractivity (Wildman–Crippen MR) is 118 cm³/mol. The molecule has 7 heteroatoms. The molecule has 0 spiro atoms. The maximum atomic E-state index is 13.0. The van der Waals surface area contributed by atoms with Crippen LogP contribution in [0.25, 0.3) is 0 Å². The smallest absolute Gasteiger partial charge is 0.325 e. The van der Waals surface area contributed by atoms with Crippen molar-refractivity contribution in [3.05, 3.63) is 65.2 Å². The van der Waals surface area contributed by atoms with Crippen LogP contribution in [0.2, 0.25) is 0 Å². The zero-order valence-corrected chi connectivity index (χ0v) is 18.2. The molecule has 3 rings (SSSR count). The summed E-state index contributed by atoms with van der Waals surface area (Å²) >= 11 is 0. The van der Waals surface area contributed by atoms with Gasteiger partial charge in [0.2, 0.25) is 5.91 Å². The van der Waals surface area contributed by atoms with Crippen LogP contribution in [-0.4, -0.2) is 42.9 Å². The first-order valence-corrected chi connectivity index (χ1v) is 10.5. The average Bonchev–Trinajstić information content (AvgIpc) is 2.98. The molecule has 1 aliphatic rings. The number of carbonyl (C=O) groups is 3. The van der Waals surface area contributed by atoms with Crippen molar-refractivity contribution in [2.45, 2.75) is 38.6 Å². The second-order valence-electron chi connectivity index (χ2n) is 7.81. The van der Waals surface area contributed by atoms with Crippen LogP contribution in [0.1, 0.15) is 37.0 Å². The van der Waals surface area contributed by atoms with E-state index in [1.807, 2.05) is 48.5 Å². The number of methoxy groups -OCH3 is 1. The molecule has 1 aliphatic heterocycles. The zero-order valence-electron chi connectivity index (χ0n) is 18.2. The maximum absolute atomic E-state index is 13.0. The summed E-state index contributed by atoms with van der Waals surface area (Å²) < 4.78 is 5.31. The summed E-state index contributed by atoms with van der Waals surface area (Å²) in [5, 5.41) is 5.51. The van der Waals surface area contributed by atoms with E-state index in [2.05, 4.69) is 17.6 Å². The van der Waals surface area contributed by atoms with Gasteiger partial charge in [0.05, 0.1) is 7.11 Å². The van der Waals surface area contributed by atoms with Crippen molar-refractivity contribution in [3.8, 4) is 5.75 Å². The van der Waals surface area contributed by atoms with E-state index in [0.717, 1.165) is 29.1 Å². The van der Waals surface area contributed by atoms with Crippen molar-refractivity contribution >= 4 is 17.8 Å². The lowest BCUT2D eigenvalue weighted by Crippen LogP contribution is -2.43. The van der Waals surface area contributed by atoms with Crippen molar-refractivity contribution in [3.63, 3.8) is 0 Å². The number of nitrogens with zero attached hydrogens (tertiary/aromatic N) is 1. The number of ether oxygens (including phenoxy) is 1. The Morgan fingerprint density at radius 2 is 1.81 bits per heavy atom. The number of nitrogens with one attached hydrogen (secondary N) is 2. The number of hydrogen-bond donors (Lipinski definition) is 2. The van der Waals surface area contributed by atoms with Crippen LogP contribution in [0.5, 0.6) is 5.75 Å². The number of rotatable bonds is 9. The Bertz CT molecular complexity index is 958. The molecule has 7 nitrogen and oxygen atoms in total. The quantitative estimate of drug-likeness (QED) is 0.607. The minimum atomic E-state index is -1.18. The molecule has 164 valence electrons. The molecule has 4 amide bonds. The van der Waals surface area contributed by atoms with Gasteiger partial charge in [0.15, 0.2) is 0 Å². The van der Waals surface area contributed by atoms with Crippen LogP contribution in [0, 0.1) is 0 Å². The van der Waals surface area contributed by atoms with Gasteiger partial charge in [-0.25, -0.2) is 4.79 Å². The van der Waals surface area contributed by atoms with E-state index in [1.54, 1.807) is 14.0 Å². The van der Waals surface area contributed by atoms with Gasteiger partial charge in [-0.2, -0.15) is 0 Å². The lowest BCUT2D eigenvalue weighted by Gasteiger charge is -2.22. The van der Waals surface area contributed by atoms with Crippen LogP contribution in [0.3, 0.4) is 0 Å². The van der Waals surface area contributed by atoms with Gasteiger partial charge in [0.25, 0.3) is 5.91 Å². The normalized spacial score (nSPS) is 18.1. The highest BCUT2D eigenvalue weighted by molar-refractivity contribution is 6.09. The maximum Gasteiger partial charge on any atom is 0.325 e. The highest BCUT2D eigenvalue weighted by Crippen LogP contribution is 2.29. The molecule has 1 heterocycles. The van der Waals surface area contributed by atoms with Gasteiger partial charge >= 0.3 is 6.03 Å². The molecule has 1 saturated heterocycles. The Balaban J connectivity index is 1.59. The second-order valence-corrected chi connectivity index (χ2v) is 7.81. The molecule has 1 fully saturated rings. The Kier molecular flexibility index (Phi) is 6.95. The van der Waals surface area contributed by atoms with Crippen molar-refractivity contribution in [1.29, 1.82) is 0 Å². The van der Waals surface area contributed by atoms with Gasteiger partial charge in [-0.15, -0.1) is 0 Å². The molecule has 2 aromatic rings. The summed E-state index contributed by atoms with van der Waals surface area (Å²) in [6.45, 7) is 3.83. The third-order valence-electron chi connectivity index (χ3n) is 5.56. The van der Waals surface area contributed by atoms with E-state index < -0.39 is 17.5 Å². The molecule has 2 aromatic carbocycles. The fourth-order valence-corrected chi connectivity index (χ4v) is 3.78. The Morgan fingerprint density at radius 3 is 2.48 bits per heavy atom. The largest absolute Gasteiger partial charge is 0.496 e.